The van der Waals surface area contributed by atoms with Crippen LogP contribution < -0.4 is 4.74 Å². The Morgan fingerprint density at radius 3 is 2.70 bits per heavy atom. The Kier molecular flexibility index (Phi) is 5.35. The molecule has 0 saturated heterocycles. The fourth-order valence-electron chi connectivity index (χ4n) is 1.95. The van der Waals surface area contributed by atoms with Crippen LogP contribution in [-0.2, 0) is 16.1 Å². The van der Waals surface area contributed by atoms with Crippen LogP contribution >= 0.6 is 0 Å². The quantitative estimate of drug-likeness (QED) is 0.756. The Morgan fingerprint density at radius 1 is 1.30 bits per heavy atom. The fourth-order valence-corrected chi connectivity index (χ4v) is 1.95. The standard InChI is InChI=1S/C16H18N2O5/c1-11-8-14(23-17-11)16(20)22-10-15(19)18(2)9-12-6-4-5-7-13(12)21-3/h4-8H,9-10H2,1-3H3. The van der Waals surface area contributed by atoms with Crippen molar-refractivity contribution in [1.82, 2.24) is 10.1 Å². The van der Waals surface area contributed by atoms with E-state index in [1.165, 1.54) is 11.0 Å². The summed E-state index contributed by atoms with van der Waals surface area (Å²) in [4.78, 5) is 25.2. The molecule has 1 heterocycles. The maximum absolute atomic E-state index is 12.0. The molecule has 0 aliphatic rings. The molecule has 0 fully saturated rings. The zero-order valence-corrected chi connectivity index (χ0v) is 13.2. The highest BCUT2D eigenvalue weighted by Gasteiger charge is 2.17. The van der Waals surface area contributed by atoms with Crippen molar-refractivity contribution >= 4 is 11.9 Å². The first-order chi connectivity index (χ1) is 11.0. The first-order valence-electron chi connectivity index (χ1n) is 6.97. The van der Waals surface area contributed by atoms with E-state index in [2.05, 4.69) is 5.16 Å². The van der Waals surface area contributed by atoms with E-state index in [-0.39, 0.29) is 18.3 Å². The molecule has 0 bridgehead atoms. The van der Waals surface area contributed by atoms with E-state index in [0.29, 0.717) is 18.0 Å². The number of hydrogen-bond acceptors (Lipinski definition) is 6. The Morgan fingerprint density at radius 2 is 2.04 bits per heavy atom. The number of carbonyl (C=O) groups is 2. The normalized spacial score (nSPS) is 10.2. The Labute approximate surface area is 133 Å². The van der Waals surface area contributed by atoms with Gasteiger partial charge in [-0.1, -0.05) is 23.4 Å². The summed E-state index contributed by atoms with van der Waals surface area (Å²) in [6, 6.07) is 8.85. The van der Waals surface area contributed by atoms with Crippen molar-refractivity contribution in [2.75, 3.05) is 20.8 Å². The van der Waals surface area contributed by atoms with Crippen LogP contribution in [0.1, 0.15) is 21.8 Å². The molecular formula is C16H18N2O5. The molecule has 0 unspecified atom stereocenters. The molecular weight excluding hydrogens is 300 g/mol. The summed E-state index contributed by atoms with van der Waals surface area (Å²) >= 11 is 0. The molecule has 0 saturated carbocycles. The predicted molar refractivity (Wildman–Crippen MR) is 81.0 cm³/mol. The highest BCUT2D eigenvalue weighted by Crippen LogP contribution is 2.18. The smallest absolute Gasteiger partial charge is 0.377 e. The second kappa shape index (κ2) is 7.44. The van der Waals surface area contributed by atoms with Gasteiger partial charge in [-0.25, -0.2) is 4.79 Å². The topological polar surface area (TPSA) is 81.9 Å². The third kappa shape index (κ3) is 4.32. The number of rotatable bonds is 6. The van der Waals surface area contributed by atoms with Crippen molar-refractivity contribution in [2.45, 2.75) is 13.5 Å². The largest absolute Gasteiger partial charge is 0.496 e. The SMILES string of the molecule is COc1ccccc1CN(C)C(=O)COC(=O)c1cc(C)no1. The zero-order chi connectivity index (χ0) is 16.8. The number of benzene rings is 1. The first-order valence-corrected chi connectivity index (χ1v) is 6.97. The van der Waals surface area contributed by atoms with Crippen molar-refractivity contribution in [2.24, 2.45) is 0 Å². The van der Waals surface area contributed by atoms with Crippen molar-refractivity contribution in [3.8, 4) is 5.75 Å². The summed E-state index contributed by atoms with van der Waals surface area (Å²) in [5.41, 5.74) is 1.43. The number of methoxy groups -OCH3 is 1. The maximum atomic E-state index is 12.0. The highest BCUT2D eigenvalue weighted by atomic mass is 16.6. The number of likely N-dealkylation sites (N-methyl/N-ethyl adjacent to an activating group) is 1. The molecule has 0 spiro atoms. The number of hydrogen-bond donors (Lipinski definition) is 0. The number of para-hydroxylation sites is 1. The van der Waals surface area contributed by atoms with E-state index in [9.17, 15) is 9.59 Å². The molecule has 2 aromatic rings. The van der Waals surface area contributed by atoms with Crippen LogP contribution in [0.25, 0.3) is 0 Å². The summed E-state index contributed by atoms with van der Waals surface area (Å²) in [7, 11) is 3.20. The van der Waals surface area contributed by atoms with Gasteiger partial charge >= 0.3 is 5.97 Å². The third-order valence-electron chi connectivity index (χ3n) is 3.18. The third-order valence-corrected chi connectivity index (χ3v) is 3.18. The number of esters is 1. The molecule has 0 aliphatic carbocycles. The second-order valence-corrected chi connectivity index (χ2v) is 4.97. The van der Waals surface area contributed by atoms with Crippen LogP contribution in [-0.4, -0.2) is 42.7 Å². The average Bonchev–Trinajstić information content (AvgIpc) is 2.99. The van der Waals surface area contributed by atoms with E-state index in [0.717, 1.165) is 5.56 Å². The van der Waals surface area contributed by atoms with Gasteiger partial charge in [0.05, 0.1) is 12.8 Å². The van der Waals surface area contributed by atoms with Crippen molar-refractivity contribution in [3.05, 3.63) is 47.3 Å². The van der Waals surface area contributed by atoms with Crippen molar-refractivity contribution in [3.63, 3.8) is 0 Å². The van der Waals surface area contributed by atoms with Crippen LogP contribution in [0, 0.1) is 6.92 Å². The minimum absolute atomic E-state index is 0.0253. The van der Waals surface area contributed by atoms with Gasteiger partial charge in [-0.05, 0) is 13.0 Å². The minimum atomic E-state index is -0.718. The lowest BCUT2D eigenvalue weighted by atomic mass is 10.2. The number of nitrogens with zero attached hydrogens (tertiary/aromatic N) is 2. The van der Waals surface area contributed by atoms with Crippen molar-refractivity contribution < 1.29 is 23.6 Å². The van der Waals surface area contributed by atoms with Crippen molar-refractivity contribution in [1.29, 1.82) is 0 Å². The molecule has 1 amide bonds. The van der Waals surface area contributed by atoms with Crippen LogP contribution in [0.15, 0.2) is 34.9 Å². The van der Waals surface area contributed by atoms with Gasteiger partial charge in [-0.2, -0.15) is 0 Å². The van der Waals surface area contributed by atoms with Gasteiger partial charge in [-0.3, -0.25) is 4.79 Å². The van der Waals surface area contributed by atoms with Gasteiger partial charge in [0.2, 0.25) is 5.76 Å². The molecule has 0 radical (unpaired) electrons. The van der Waals surface area contributed by atoms with Crippen LogP contribution in [0.4, 0.5) is 0 Å². The van der Waals surface area contributed by atoms with Gasteiger partial charge < -0.3 is 18.9 Å². The number of amides is 1. The summed E-state index contributed by atoms with van der Waals surface area (Å²) in [5, 5.41) is 3.59. The number of carbonyl (C=O) groups excluding carboxylic acids is 2. The molecule has 122 valence electrons. The van der Waals surface area contributed by atoms with Crippen LogP contribution in [0.3, 0.4) is 0 Å². The summed E-state index contributed by atoms with van der Waals surface area (Å²) in [6.07, 6.45) is 0. The summed E-state index contributed by atoms with van der Waals surface area (Å²) in [5.74, 6) is -0.380. The Bertz CT molecular complexity index is 695. The number of ether oxygens (including phenoxy) is 2. The lowest BCUT2D eigenvalue weighted by molar-refractivity contribution is -0.133. The molecule has 23 heavy (non-hydrogen) atoms. The zero-order valence-electron chi connectivity index (χ0n) is 13.2. The molecule has 0 N–H and O–H groups in total. The lowest BCUT2D eigenvalue weighted by Crippen LogP contribution is -2.30. The monoisotopic (exact) mass is 318 g/mol. The minimum Gasteiger partial charge on any atom is -0.496 e. The molecule has 1 aromatic carbocycles. The number of aromatic nitrogens is 1. The van der Waals surface area contributed by atoms with Crippen LogP contribution in [0.5, 0.6) is 5.75 Å². The van der Waals surface area contributed by atoms with Crippen LogP contribution in [0.2, 0.25) is 0 Å². The number of aryl methyl sites for hydroxylation is 1. The summed E-state index contributed by atoms with van der Waals surface area (Å²) < 4.78 is 14.9. The van der Waals surface area contributed by atoms with E-state index < -0.39 is 5.97 Å². The maximum Gasteiger partial charge on any atom is 0.377 e. The van der Waals surface area contributed by atoms with E-state index in [1.807, 2.05) is 24.3 Å². The first kappa shape index (κ1) is 16.5. The molecule has 0 atom stereocenters. The van der Waals surface area contributed by atoms with Gasteiger partial charge in [0.25, 0.3) is 5.91 Å². The average molecular weight is 318 g/mol. The van der Waals surface area contributed by atoms with Gasteiger partial charge in [0.1, 0.15) is 5.75 Å². The fraction of sp³-hybridized carbons (Fsp3) is 0.312. The highest BCUT2D eigenvalue weighted by molar-refractivity contribution is 5.88. The molecule has 1 aromatic heterocycles. The molecule has 7 nitrogen and oxygen atoms in total. The van der Waals surface area contributed by atoms with Gasteiger partial charge in [0, 0.05) is 25.2 Å². The molecule has 0 aliphatic heterocycles. The predicted octanol–water partition coefficient (Wildman–Crippen LogP) is 1.81. The Balaban J connectivity index is 1.89. The summed E-state index contributed by atoms with van der Waals surface area (Å²) in [6.45, 7) is 1.67. The molecule has 2 rings (SSSR count). The van der Waals surface area contributed by atoms with E-state index >= 15 is 0 Å². The molecule has 7 heteroatoms. The van der Waals surface area contributed by atoms with Gasteiger partial charge in [-0.15, -0.1) is 0 Å². The van der Waals surface area contributed by atoms with Gasteiger partial charge in [0.15, 0.2) is 6.61 Å². The van der Waals surface area contributed by atoms with E-state index in [4.69, 9.17) is 14.0 Å². The van der Waals surface area contributed by atoms with E-state index in [1.54, 1.807) is 21.1 Å². The second-order valence-electron chi connectivity index (χ2n) is 4.97. The lowest BCUT2D eigenvalue weighted by Gasteiger charge is -2.18. The Hall–Kier alpha value is -2.83.